The van der Waals surface area contributed by atoms with Crippen LogP contribution in [0.1, 0.15) is 15.9 Å². The molecule has 0 saturated heterocycles. The molecule has 4 aromatic rings. The normalized spacial score (nSPS) is 11.9. The van der Waals surface area contributed by atoms with E-state index in [1.807, 2.05) is 72.9 Å². The van der Waals surface area contributed by atoms with Gasteiger partial charge in [0.25, 0.3) is 5.91 Å². The minimum Gasteiger partial charge on any atom is -0.368 e. The van der Waals surface area contributed by atoms with Gasteiger partial charge in [-0.05, 0) is 41.0 Å². The average Bonchev–Trinajstić information content (AvgIpc) is 3.23. The minimum atomic E-state index is -0.766. The first-order chi connectivity index (χ1) is 14.1. The molecule has 2 amide bonds. The summed E-state index contributed by atoms with van der Waals surface area (Å²) in [5, 5.41) is 3.87. The molecule has 1 unspecified atom stereocenters. The Morgan fingerprint density at radius 2 is 1.66 bits per heavy atom. The maximum Gasteiger partial charge on any atom is 0.251 e. The highest BCUT2D eigenvalue weighted by Crippen LogP contribution is 2.28. The summed E-state index contributed by atoms with van der Waals surface area (Å²) in [6.45, 7) is 0. The monoisotopic (exact) mass is 383 g/mol. The van der Waals surface area contributed by atoms with Crippen LogP contribution in [-0.4, -0.2) is 22.8 Å². The van der Waals surface area contributed by atoms with E-state index in [0.717, 1.165) is 27.6 Å². The summed E-state index contributed by atoms with van der Waals surface area (Å²) in [5.74, 6) is -0.880. The van der Waals surface area contributed by atoms with E-state index in [-0.39, 0.29) is 5.91 Å². The van der Waals surface area contributed by atoms with E-state index in [9.17, 15) is 9.59 Å². The van der Waals surface area contributed by atoms with Crippen molar-refractivity contribution in [1.82, 2.24) is 10.3 Å². The summed E-state index contributed by atoms with van der Waals surface area (Å²) in [6.07, 6.45) is 2.27. The summed E-state index contributed by atoms with van der Waals surface area (Å²) in [7, 11) is 0. The molecule has 4 N–H and O–H groups in total. The molecular weight excluding hydrogens is 362 g/mol. The molecule has 1 heterocycles. The molecule has 1 aromatic heterocycles. The second-order valence-electron chi connectivity index (χ2n) is 6.94. The first-order valence-electron chi connectivity index (χ1n) is 9.42. The van der Waals surface area contributed by atoms with Crippen LogP contribution < -0.4 is 11.1 Å². The molecule has 29 heavy (non-hydrogen) atoms. The van der Waals surface area contributed by atoms with Crippen molar-refractivity contribution in [3.63, 3.8) is 0 Å². The van der Waals surface area contributed by atoms with Gasteiger partial charge in [-0.2, -0.15) is 0 Å². The Kier molecular flexibility index (Phi) is 5.12. The number of aromatic nitrogens is 1. The molecule has 4 rings (SSSR count). The number of fused-ring (bicyclic) bond motifs is 1. The average molecular weight is 383 g/mol. The van der Waals surface area contributed by atoms with Crippen LogP contribution in [0, 0.1) is 0 Å². The molecule has 5 heteroatoms. The number of H-pyrrole nitrogens is 1. The summed E-state index contributed by atoms with van der Waals surface area (Å²) in [6, 6.07) is 24.2. The fourth-order valence-electron chi connectivity index (χ4n) is 3.45. The molecule has 0 aliphatic heterocycles. The summed E-state index contributed by atoms with van der Waals surface area (Å²) < 4.78 is 0. The Balaban J connectivity index is 1.51. The smallest absolute Gasteiger partial charge is 0.251 e. The molecule has 0 fully saturated rings. The number of rotatable bonds is 6. The van der Waals surface area contributed by atoms with Crippen LogP contribution in [0.2, 0.25) is 0 Å². The SMILES string of the molecule is NC(=O)C(Cc1ccccc1)NC(=O)c1ccc(-c2cccc3[nH]ccc23)cc1. The number of carbonyl (C=O) groups is 2. The number of benzene rings is 3. The Hall–Kier alpha value is -3.86. The van der Waals surface area contributed by atoms with Gasteiger partial charge in [-0.1, -0.05) is 54.6 Å². The van der Waals surface area contributed by atoms with Crippen LogP contribution in [0.4, 0.5) is 0 Å². The molecule has 0 spiro atoms. The zero-order valence-electron chi connectivity index (χ0n) is 15.8. The van der Waals surface area contributed by atoms with Crippen LogP contribution in [0.25, 0.3) is 22.0 Å². The molecule has 0 bridgehead atoms. The van der Waals surface area contributed by atoms with Gasteiger partial charge in [-0.3, -0.25) is 9.59 Å². The maximum atomic E-state index is 12.6. The van der Waals surface area contributed by atoms with Crippen molar-refractivity contribution in [2.45, 2.75) is 12.5 Å². The van der Waals surface area contributed by atoms with Gasteiger partial charge in [0.1, 0.15) is 6.04 Å². The van der Waals surface area contributed by atoms with Gasteiger partial charge < -0.3 is 16.0 Å². The predicted octanol–water partition coefficient (Wildman–Crippen LogP) is 3.66. The van der Waals surface area contributed by atoms with Crippen molar-refractivity contribution in [1.29, 1.82) is 0 Å². The van der Waals surface area contributed by atoms with E-state index in [1.165, 1.54) is 0 Å². The van der Waals surface area contributed by atoms with Crippen molar-refractivity contribution in [3.05, 3.63) is 96.2 Å². The third-order valence-electron chi connectivity index (χ3n) is 4.98. The molecule has 144 valence electrons. The zero-order valence-corrected chi connectivity index (χ0v) is 15.8. The largest absolute Gasteiger partial charge is 0.368 e. The molecule has 0 aliphatic rings. The van der Waals surface area contributed by atoms with Gasteiger partial charge in [-0.25, -0.2) is 0 Å². The summed E-state index contributed by atoms with van der Waals surface area (Å²) in [5.41, 5.74) is 10.1. The lowest BCUT2D eigenvalue weighted by Crippen LogP contribution is -2.45. The third kappa shape index (κ3) is 4.04. The predicted molar refractivity (Wildman–Crippen MR) is 114 cm³/mol. The van der Waals surface area contributed by atoms with Gasteiger partial charge in [0, 0.05) is 29.1 Å². The van der Waals surface area contributed by atoms with Crippen LogP contribution in [0.15, 0.2) is 85.1 Å². The summed E-state index contributed by atoms with van der Waals surface area (Å²) in [4.78, 5) is 27.7. The van der Waals surface area contributed by atoms with Gasteiger partial charge in [0.2, 0.25) is 5.91 Å². The maximum absolute atomic E-state index is 12.6. The number of hydrogen-bond acceptors (Lipinski definition) is 2. The number of nitrogens with one attached hydrogen (secondary N) is 2. The first-order valence-corrected chi connectivity index (χ1v) is 9.42. The van der Waals surface area contributed by atoms with Crippen molar-refractivity contribution in [3.8, 4) is 11.1 Å². The van der Waals surface area contributed by atoms with Crippen LogP contribution in [0.3, 0.4) is 0 Å². The fraction of sp³-hybridized carbons (Fsp3) is 0.0833. The molecule has 0 radical (unpaired) electrons. The standard InChI is InChI=1S/C24H21N3O2/c25-23(28)22(15-16-5-2-1-3-6-16)27-24(29)18-11-9-17(10-12-18)19-7-4-8-21-20(19)13-14-26-21/h1-14,22,26H,15H2,(H2,25,28)(H,27,29). The Bertz CT molecular complexity index is 1150. The van der Waals surface area contributed by atoms with Crippen molar-refractivity contribution in [2.75, 3.05) is 0 Å². The second kappa shape index (κ2) is 8.02. The lowest BCUT2D eigenvalue weighted by molar-refractivity contribution is -0.119. The Labute approximate surface area is 168 Å². The van der Waals surface area contributed by atoms with Crippen LogP contribution >= 0.6 is 0 Å². The Morgan fingerprint density at radius 1 is 0.897 bits per heavy atom. The second-order valence-corrected chi connectivity index (χ2v) is 6.94. The number of aromatic amines is 1. The van der Waals surface area contributed by atoms with Gasteiger partial charge in [0.15, 0.2) is 0 Å². The highest BCUT2D eigenvalue weighted by atomic mass is 16.2. The van der Waals surface area contributed by atoms with Gasteiger partial charge >= 0.3 is 0 Å². The third-order valence-corrected chi connectivity index (χ3v) is 4.98. The fourth-order valence-corrected chi connectivity index (χ4v) is 3.45. The molecule has 3 aromatic carbocycles. The zero-order chi connectivity index (χ0) is 20.2. The van der Waals surface area contributed by atoms with Gasteiger partial charge in [-0.15, -0.1) is 0 Å². The highest BCUT2D eigenvalue weighted by Gasteiger charge is 2.19. The summed E-state index contributed by atoms with van der Waals surface area (Å²) >= 11 is 0. The van der Waals surface area contributed by atoms with E-state index in [1.54, 1.807) is 12.1 Å². The van der Waals surface area contributed by atoms with Gasteiger partial charge in [0.05, 0.1) is 0 Å². The van der Waals surface area contributed by atoms with E-state index in [0.29, 0.717) is 12.0 Å². The lowest BCUT2D eigenvalue weighted by atomic mass is 10.00. The number of hydrogen-bond donors (Lipinski definition) is 3. The van der Waals surface area contributed by atoms with E-state index in [2.05, 4.69) is 10.3 Å². The number of nitrogens with two attached hydrogens (primary N) is 1. The molecule has 0 saturated carbocycles. The minimum absolute atomic E-state index is 0.323. The van der Waals surface area contributed by atoms with Crippen LogP contribution in [-0.2, 0) is 11.2 Å². The van der Waals surface area contributed by atoms with E-state index in [4.69, 9.17) is 5.73 Å². The topological polar surface area (TPSA) is 88.0 Å². The lowest BCUT2D eigenvalue weighted by Gasteiger charge is -2.16. The molecule has 5 nitrogen and oxygen atoms in total. The number of primary amides is 1. The van der Waals surface area contributed by atoms with Crippen molar-refractivity contribution in [2.24, 2.45) is 5.73 Å². The molecule has 0 aliphatic carbocycles. The van der Waals surface area contributed by atoms with E-state index >= 15 is 0 Å². The highest BCUT2D eigenvalue weighted by molar-refractivity contribution is 5.99. The first kappa shape index (κ1) is 18.5. The Morgan fingerprint density at radius 3 is 2.38 bits per heavy atom. The van der Waals surface area contributed by atoms with Crippen molar-refractivity contribution < 1.29 is 9.59 Å². The number of amides is 2. The van der Waals surface area contributed by atoms with Crippen LogP contribution in [0.5, 0.6) is 0 Å². The number of carbonyl (C=O) groups excluding carboxylic acids is 2. The quantitative estimate of drug-likeness (QED) is 0.474. The van der Waals surface area contributed by atoms with E-state index < -0.39 is 11.9 Å². The molecular formula is C24H21N3O2. The van der Waals surface area contributed by atoms with Crippen molar-refractivity contribution >= 4 is 22.7 Å². The molecule has 1 atom stereocenters.